The van der Waals surface area contributed by atoms with E-state index in [4.69, 9.17) is 11.6 Å². The molecule has 1 aromatic rings. The van der Waals surface area contributed by atoms with Gasteiger partial charge in [-0.15, -0.1) is 4.91 Å². The van der Waals surface area contributed by atoms with Crippen LogP contribution in [0.4, 0.5) is 5.69 Å². The van der Waals surface area contributed by atoms with Crippen molar-refractivity contribution >= 4 is 23.2 Å². The third-order valence-corrected chi connectivity index (χ3v) is 2.56. The molecule has 1 aromatic carbocycles. The average Bonchev–Trinajstić information content (AvgIpc) is 2.26. The Balaban J connectivity index is 2.71. The summed E-state index contributed by atoms with van der Waals surface area (Å²) >= 11 is 5.75. The Hall–Kier alpha value is -1.42. The van der Waals surface area contributed by atoms with Crippen molar-refractivity contribution in [1.82, 2.24) is 5.32 Å². The smallest absolute Gasteiger partial charge is 0.225 e. The SMILES string of the molecule is CC(C)(C)C(=O)NCc1ccc(Cl)c(N=O)c1. The molecule has 1 rings (SSSR count). The lowest BCUT2D eigenvalue weighted by Gasteiger charge is -2.17. The average molecular weight is 255 g/mol. The number of halogens is 1. The second-order valence-electron chi connectivity index (χ2n) is 4.81. The fourth-order valence-corrected chi connectivity index (χ4v) is 1.34. The van der Waals surface area contributed by atoms with Gasteiger partial charge in [-0.2, -0.15) is 0 Å². The number of rotatable bonds is 3. The van der Waals surface area contributed by atoms with Crippen molar-refractivity contribution in [1.29, 1.82) is 0 Å². The predicted molar refractivity (Wildman–Crippen MR) is 68.2 cm³/mol. The Bertz CT molecular complexity index is 439. The fraction of sp³-hybridized carbons (Fsp3) is 0.417. The molecule has 92 valence electrons. The van der Waals surface area contributed by atoms with Gasteiger partial charge in [-0.1, -0.05) is 38.4 Å². The number of nitrogens with zero attached hydrogens (tertiary/aromatic N) is 1. The van der Waals surface area contributed by atoms with E-state index in [9.17, 15) is 9.70 Å². The first-order valence-corrected chi connectivity index (χ1v) is 5.62. The molecule has 0 bridgehead atoms. The first kappa shape index (κ1) is 13.6. The molecule has 4 nitrogen and oxygen atoms in total. The van der Waals surface area contributed by atoms with E-state index >= 15 is 0 Å². The summed E-state index contributed by atoms with van der Waals surface area (Å²) in [5.41, 5.74) is 0.550. The first-order chi connectivity index (χ1) is 7.84. The van der Waals surface area contributed by atoms with E-state index in [1.807, 2.05) is 20.8 Å². The third-order valence-electron chi connectivity index (χ3n) is 2.24. The lowest BCUT2D eigenvalue weighted by molar-refractivity contribution is -0.128. The molecule has 0 aliphatic carbocycles. The van der Waals surface area contributed by atoms with Crippen molar-refractivity contribution in [2.45, 2.75) is 27.3 Å². The van der Waals surface area contributed by atoms with Crippen molar-refractivity contribution in [3.8, 4) is 0 Å². The summed E-state index contributed by atoms with van der Waals surface area (Å²) in [6.07, 6.45) is 0. The zero-order chi connectivity index (χ0) is 13.1. The maximum atomic E-state index is 11.6. The molecular formula is C12H15ClN2O2. The van der Waals surface area contributed by atoms with Gasteiger partial charge in [-0.05, 0) is 22.9 Å². The standard InChI is InChI=1S/C12H15ClN2O2/c1-12(2,3)11(16)14-7-8-4-5-9(13)10(6-8)15-17/h4-6H,7H2,1-3H3,(H,14,16). The number of benzene rings is 1. The highest BCUT2D eigenvalue weighted by molar-refractivity contribution is 6.32. The highest BCUT2D eigenvalue weighted by Crippen LogP contribution is 2.25. The van der Waals surface area contributed by atoms with Gasteiger partial charge < -0.3 is 5.32 Å². The van der Waals surface area contributed by atoms with Crippen LogP contribution in [0, 0.1) is 10.3 Å². The Morgan fingerprint density at radius 1 is 1.41 bits per heavy atom. The number of hydrogen-bond donors (Lipinski definition) is 1. The second kappa shape index (κ2) is 5.27. The van der Waals surface area contributed by atoms with Gasteiger partial charge in [-0.25, -0.2) is 0 Å². The van der Waals surface area contributed by atoms with Gasteiger partial charge in [0.1, 0.15) is 5.69 Å². The molecule has 0 radical (unpaired) electrons. The Labute approximate surface area is 105 Å². The molecule has 0 aromatic heterocycles. The molecule has 0 unspecified atom stereocenters. The summed E-state index contributed by atoms with van der Waals surface area (Å²) in [5.74, 6) is -0.0481. The summed E-state index contributed by atoms with van der Waals surface area (Å²) in [7, 11) is 0. The summed E-state index contributed by atoms with van der Waals surface area (Å²) in [6.45, 7) is 5.86. The third kappa shape index (κ3) is 3.82. The molecule has 1 N–H and O–H groups in total. The van der Waals surface area contributed by atoms with E-state index in [1.54, 1.807) is 18.2 Å². The number of carbonyl (C=O) groups excluding carboxylic acids is 1. The Morgan fingerprint density at radius 3 is 2.59 bits per heavy atom. The molecule has 0 aliphatic rings. The van der Waals surface area contributed by atoms with Crippen LogP contribution in [-0.2, 0) is 11.3 Å². The zero-order valence-electron chi connectivity index (χ0n) is 10.1. The second-order valence-corrected chi connectivity index (χ2v) is 5.22. The van der Waals surface area contributed by atoms with Crippen molar-refractivity contribution in [2.75, 3.05) is 0 Å². The van der Waals surface area contributed by atoms with E-state index in [0.29, 0.717) is 11.6 Å². The molecule has 0 saturated carbocycles. The van der Waals surface area contributed by atoms with Crippen molar-refractivity contribution in [3.05, 3.63) is 33.7 Å². The number of carbonyl (C=O) groups is 1. The minimum atomic E-state index is -0.432. The fourth-order valence-electron chi connectivity index (χ4n) is 1.19. The highest BCUT2D eigenvalue weighted by atomic mass is 35.5. The van der Waals surface area contributed by atoms with Crippen LogP contribution < -0.4 is 5.32 Å². The van der Waals surface area contributed by atoms with Crippen LogP contribution in [0.3, 0.4) is 0 Å². The minimum Gasteiger partial charge on any atom is -0.352 e. The lowest BCUT2D eigenvalue weighted by Crippen LogP contribution is -2.34. The molecule has 0 spiro atoms. The molecule has 0 atom stereocenters. The molecule has 0 aliphatic heterocycles. The predicted octanol–water partition coefficient (Wildman–Crippen LogP) is 3.40. The van der Waals surface area contributed by atoms with Gasteiger partial charge in [0, 0.05) is 12.0 Å². The normalized spacial score (nSPS) is 11.1. The number of amides is 1. The van der Waals surface area contributed by atoms with Gasteiger partial charge in [0.15, 0.2) is 0 Å². The quantitative estimate of drug-likeness (QED) is 0.841. The summed E-state index contributed by atoms with van der Waals surface area (Å²) < 4.78 is 0. The Morgan fingerprint density at radius 2 is 2.06 bits per heavy atom. The van der Waals surface area contributed by atoms with E-state index < -0.39 is 5.41 Å². The molecule has 1 amide bonds. The number of nitroso groups, excluding NO2 is 1. The van der Waals surface area contributed by atoms with Crippen LogP contribution in [0.25, 0.3) is 0 Å². The maximum absolute atomic E-state index is 11.6. The van der Waals surface area contributed by atoms with Gasteiger partial charge in [0.25, 0.3) is 0 Å². The maximum Gasteiger partial charge on any atom is 0.225 e. The topological polar surface area (TPSA) is 58.5 Å². The lowest BCUT2D eigenvalue weighted by atomic mass is 9.95. The highest BCUT2D eigenvalue weighted by Gasteiger charge is 2.20. The molecule has 0 fully saturated rings. The van der Waals surface area contributed by atoms with Crippen LogP contribution >= 0.6 is 11.6 Å². The van der Waals surface area contributed by atoms with Gasteiger partial charge >= 0.3 is 0 Å². The van der Waals surface area contributed by atoms with Crippen LogP contribution in [0.2, 0.25) is 5.02 Å². The van der Waals surface area contributed by atoms with Crippen molar-refractivity contribution in [2.24, 2.45) is 10.6 Å². The number of nitrogens with one attached hydrogen (secondary N) is 1. The minimum absolute atomic E-state index is 0.0481. The van der Waals surface area contributed by atoms with Crippen LogP contribution in [-0.4, -0.2) is 5.91 Å². The molecule has 0 heterocycles. The van der Waals surface area contributed by atoms with E-state index in [0.717, 1.165) is 5.56 Å². The van der Waals surface area contributed by atoms with Crippen molar-refractivity contribution < 1.29 is 4.79 Å². The largest absolute Gasteiger partial charge is 0.352 e. The van der Waals surface area contributed by atoms with Gasteiger partial charge in [0.05, 0.1) is 5.02 Å². The zero-order valence-corrected chi connectivity index (χ0v) is 10.8. The van der Waals surface area contributed by atoms with Gasteiger partial charge in [0.2, 0.25) is 5.91 Å². The van der Waals surface area contributed by atoms with E-state index in [-0.39, 0.29) is 11.6 Å². The number of hydrogen-bond acceptors (Lipinski definition) is 3. The van der Waals surface area contributed by atoms with Crippen LogP contribution in [0.1, 0.15) is 26.3 Å². The molecular weight excluding hydrogens is 240 g/mol. The van der Waals surface area contributed by atoms with Gasteiger partial charge in [-0.3, -0.25) is 4.79 Å². The summed E-state index contributed by atoms with van der Waals surface area (Å²) in [4.78, 5) is 22.1. The van der Waals surface area contributed by atoms with Crippen LogP contribution in [0.5, 0.6) is 0 Å². The molecule has 5 heteroatoms. The first-order valence-electron chi connectivity index (χ1n) is 5.24. The summed E-state index contributed by atoms with van der Waals surface area (Å²) in [6, 6.07) is 4.91. The summed E-state index contributed by atoms with van der Waals surface area (Å²) in [5, 5.41) is 5.91. The molecule has 0 saturated heterocycles. The monoisotopic (exact) mass is 254 g/mol. The van der Waals surface area contributed by atoms with E-state index in [2.05, 4.69) is 10.5 Å². The van der Waals surface area contributed by atoms with Crippen molar-refractivity contribution in [3.63, 3.8) is 0 Å². The van der Waals surface area contributed by atoms with E-state index in [1.165, 1.54) is 0 Å². The van der Waals surface area contributed by atoms with Crippen LogP contribution in [0.15, 0.2) is 23.4 Å². The Kier molecular flexibility index (Phi) is 4.23. The molecule has 17 heavy (non-hydrogen) atoms.